The van der Waals surface area contributed by atoms with Gasteiger partial charge < -0.3 is 15.0 Å². The Morgan fingerprint density at radius 3 is 2.20 bits per heavy atom. The first kappa shape index (κ1) is 31.9. The molecule has 0 spiro atoms. The van der Waals surface area contributed by atoms with Gasteiger partial charge in [-0.3, -0.25) is 9.59 Å². The number of Topliss-reactive ketones (excluding diaryl/α,β-unsaturated/α-hetero) is 1. The van der Waals surface area contributed by atoms with Crippen molar-refractivity contribution in [3.63, 3.8) is 0 Å². The van der Waals surface area contributed by atoms with Crippen LogP contribution in [0.1, 0.15) is 51.3 Å². The van der Waals surface area contributed by atoms with Crippen LogP contribution in [-0.4, -0.2) is 49.0 Å². The van der Waals surface area contributed by atoms with Gasteiger partial charge in [-0.05, 0) is 68.1 Å². The molecule has 1 fully saturated rings. The highest BCUT2D eigenvalue weighted by Crippen LogP contribution is 2.41. The molecule has 44 heavy (non-hydrogen) atoms. The van der Waals surface area contributed by atoms with Crippen LogP contribution in [0.4, 0.5) is 22.0 Å². The highest BCUT2D eigenvalue weighted by molar-refractivity contribution is 7.21. The highest BCUT2D eigenvalue weighted by atomic mass is 35.5. The topological polar surface area (TPSA) is 58.6 Å². The summed E-state index contributed by atoms with van der Waals surface area (Å²) in [7, 11) is 3.37. The lowest BCUT2D eigenvalue weighted by Gasteiger charge is -2.37. The molecule has 5 nitrogen and oxygen atoms in total. The number of thiophene rings is 1. The molecule has 5 rings (SSSR count). The third kappa shape index (κ3) is 6.31. The second-order valence-corrected chi connectivity index (χ2v) is 12.0. The molecule has 1 amide bonds. The summed E-state index contributed by atoms with van der Waals surface area (Å²) in [5.41, 5.74) is 1.32. The van der Waals surface area contributed by atoms with E-state index in [0.717, 1.165) is 48.4 Å². The lowest BCUT2D eigenvalue weighted by Crippen LogP contribution is -2.44. The molecule has 0 unspecified atom stereocenters. The van der Waals surface area contributed by atoms with Gasteiger partial charge in [-0.25, -0.2) is 8.78 Å². The monoisotopic (exact) mass is 650 g/mol. The molecular formula is C32H28ClF5N2O3S. The van der Waals surface area contributed by atoms with E-state index >= 15 is 0 Å². The SMILES string of the molecule is CNC1CCC(N(Cc2cc(-c3ccc(C(=O)C(F)(F)F)cc3)ccc2OC)C(=O)c2sc3c(F)ccc(F)c3c2Cl)CC1. The average Bonchev–Trinajstić information content (AvgIpc) is 3.38. The molecule has 1 heterocycles. The number of carbonyl (C=O) groups excluding carboxylic acids is 2. The zero-order chi connectivity index (χ0) is 31.8. The van der Waals surface area contributed by atoms with E-state index in [1.807, 2.05) is 7.05 Å². The first-order valence-electron chi connectivity index (χ1n) is 13.9. The maximum Gasteiger partial charge on any atom is 0.454 e. The van der Waals surface area contributed by atoms with E-state index in [-0.39, 0.29) is 32.6 Å². The Morgan fingerprint density at radius 2 is 1.61 bits per heavy atom. The number of nitrogens with one attached hydrogen (secondary N) is 1. The summed E-state index contributed by atoms with van der Waals surface area (Å²) >= 11 is 7.32. The van der Waals surface area contributed by atoms with Crippen LogP contribution in [0, 0.1) is 11.6 Å². The van der Waals surface area contributed by atoms with Crippen molar-refractivity contribution in [2.45, 2.75) is 50.5 Å². The van der Waals surface area contributed by atoms with Gasteiger partial charge in [-0.1, -0.05) is 41.9 Å². The molecule has 0 atom stereocenters. The zero-order valence-corrected chi connectivity index (χ0v) is 25.3. The molecule has 1 aliphatic rings. The number of benzene rings is 3. The van der Waals surface area contributed by atoms with Gasteiger partial charge in [0, 0.05) is 29.8 Å². The van der Waals surface area contributed by atoms with Gasteiger partial charge in [-0.2, -0.15) is 13.2 Å². The number of carbonyl (C=O) groups is 2. The van der Waals surface area contributed by atoms with Crippen LogP contribution < -0.4 is 10.1 Å². The molecule has 232 valence electrons. The summed E-state index contributed by atoms with van der Waals surface area (Å²) in [5, 5.41) is 2.99. The first-order valence-corrected chi connectivity index (χ1v) is 15.1. The van der Waals surface area contributed by atoms with Crippen molar-refractivity contribution >= 4 is 44.7 Å². The van der Waals surface area contributed by atoms with E-state index in [0.29, 0.717) is 41.3 Å². The molecular weight excluding hydrogens is 623 g/mol. The highest BCUT2D eigenvalue weighted by Gasteiger charge is 2.39. The number of alkyl halides is 3. The van der Waals surface area contributed by atoms with Gasteiger partial charge >= 0.3 is 6.18 Å². The fourth-order valence-electron chi connectivity index (χ4n) is 5.65. The normalized spacial score (nSPS) is 17.1. The molecule has 1 saturated carbocycles. The molecule has 0 saturated heterocycles. The van der Waals surface area contributed by atoms with Crippen molar-refractivity contribution < 1.29 is 36.3 Å². The number of methoxy groups -OCH3 is 1. The maximum absolute atomic E-state index is 14.7. The molecule has 0 radical (unpaired) electrons. The second-order valence-electron chi connectivity index (χ2n) is 10.6. The summed E-state index contributed by atoms with van der Waals surface area (Å²) in [5.74, 6) is -3.32. The molecule has 4 aromatic rings. The minimum atomic E-state index is -4.98. The molecule has 1 N–H and O–H groups in total. The van der Waals surface area contributed by atoms with Crippen LogP contribution in [0.3, 0.4) is 0 Å². The van der Waals surface area contributed by atoms with E-state index < -0.39 is 35.1 Å². The van der Waals surface area contributed by atoms with Gasteiger partial charge in [0.05, 0.1) is 22.2 Å². The van der Waals surface area contributed by atoms with Crippen LogP contribution in [-0.2, 0) is 6.54 Å². The Morgan fingerprint density at radius 1 is 0.977 bits per heavy atom. The van der Waals surface area contributed by atoms with Crippen molar-refractivity contribution in [1.29, 1.82) is 0 Å². The van der Waals surface area contributed by atoms with Gasteiger partial charge in [-0.15, -0.1) is 11.3 Å². The Balaban J connectivity index is 1.52. The van der Waals surface area contributed by atoms with E-state index in [4.69, 9.17) is 16.3 Å². The minimum absolute atomic E-state index is 0.0291. The van der Waals surface area contributed by atoms with Gasteiger partial charge in [0.25, 0.3) is 11.7 Å². The van der Waals surface area contributed by atoms with E-state index in [1.54, 1.807) is 23.1 Å². The predicted octanol–water partition coefficient (Wildman–Crippen LogP) is 8.43. The van der Waals surface area contributed by atoms with Crippen molar-refractivity contribution in [2.75, 3.05) is 14.2 Å². The Labute approximate surface area is 259 Å². The number of halogens is 6. The largest absolute Gasteiger partial charge is 0.496 e. The lowest BCUT2D eigenvalue weighted by molar-refractivity contribution is -0.0885. The predicted molar refractivity (Wildman–Crippen MR) is 161 cm³/mol. The number of amides is 1. The number of ketones is 1. The fraction of sp³-hybridized carbons (Fsp3) is 0.312. The van der Waals surface area contributed by atoms with E-state index in [1.165, 1.54) is 19.2 Å². The average molecular weight is 651 g/mol. The Hall–Kier alpha value is -3.54. The quantitative estimate of drug-likeness (QED) is 0.154. The minimum Gasteiger partial charge on any atom is -0.496 e. The van der Waals surface area contributed by atoms with Crippen LogP contribution in [0.25, 0.3) is 21.2 Å². The van der Waals surface area contributed by atoms with Gasteiger partial charge in [0.1, 0.15) is 22.3 Å². The van der Waals surface area contributed by atoms with Crippen LogP contribution in [0.2, 0.25) is 5.02 Å². The summed E-state index contributed by atoms with van der Waals surface area (Å²) in [4.78, 5) is 27.5. The first-order chi connectivity index (χ1) is 20.9. The lowest BCUT2D eigenvalue weighted by atomic mass is 9.89. The number of rotatable bonds is 8. The smallest absolute Gasteiger partial charge is 0.454 e. The standard InChI is InChI=1S/C32H28ClF5N2O3S/c1-39-21-8-10-22(11-9-21)40(31(42)29-27(33)26-23(34)12-13-24(35)28(26)44-29)16-20-15-19(7-14-25(20)43-2)17-3-5-18(6-4-17)30(41)32(36,37)38/h3-7,12-15,21-22,39H,8-11,16H2,1-2H3. The van der Waals surface area contributed by atoms with E-state index in [9.17, 15) is 31.5 Å². The van der Waals surface area contributed by atoms with Crippen LogP contribution in [0.5, 0.6) is 5.75 Å². The third-order valence-corrected chi connectivity index (χ3v) is 9.72. The number of fused-ring (bicyclic) bond motifs is 1. The number of nitrogens with zero attached hydrogens (tertiary/aromatic N) is 1. The van der Waals surface area contributed by atoms with Crippen molar-refractivity contribution in [3.05, 3.63) is 87.3 Å². The van der Waals surface area contributed by atoms with Crippen molar-refractivity contribution in [2.24, 2.45) is 0 Å². The number of ether oxygens (including phenoxy) is 1. The van der Waals surface area contributed by atoms with Crippen molar-refractivity contribution in [3.8, 4) is 16.9 Å². The molecule has 12 heteroatoms. The van der Waals surface area contributed by atoms with Crippen molar-refractivity contribution in [1.82, 2.24) is 10.2 Å². The fourth-order valence-corrected chi connectivity index (χ4v) is 7.16. The molecule has 3 aromatic carbocycles. The summed E-state index contributed by atoms with van der Waals surface area (Å²) in [6.07, 6.45) is -1.99. The van der Waals surface area contributed by atoms with E-state index in [2.05, 4.69) is 5.32 Å². The molecule has 1 aliphatic carbocycles. The summed E-state index contributed by atoms with van der Waals surface area (Å²) < 4.78 is 73.5. The molecule has 1 aromatic heterocycles. The third-order valence-electron chi connectivity index (χ3n) is 8.04. The summed E-state index contributed by atoms with van der Waals surface area (Å²) in [6.45, 7) is 0.0743. The number of hydrogen-bond donors (Lipinski definition) is 1. The van der Waals surface area contributed by atoms with Crippen LogP contribution >= 0.6 is 22.9 Å². The Kier molecular flexibility index (Phi) is 9.29. The summed E-state index contributed by atoms with van der Waals surface area (Å²) in [6, 6.07) is 12.3. The van der Waals surface area contributed by atoms with Gasteiger partial charge in [0.2, 0.25) is 0 Å². The molecule has 0 aliphatic heterocycles. The number of hydrogen-bond acceptors (Lipinski definition) is 5. The van der Waals surface area contributed by atoms with Crippen LogP contribution in [0.15, 0.2) is 54.6 Å². The Bertz CT molecular complexity index is 1700. The zero-order valence-electron chi connectivity index (χ0n) is 23.7. The molecule has 0 bridgehead atoms. The van der Waals surface area contributed by atoms with Gasteiger partial charge in [0.15, 0.2) is 0 Å². The second kappa shape index (κ2) is 12.8. The maximum atomic E-state index is 14.7.